The maximum absolute atomic E-state index is 14.4. The number of aliphatic hydroxyl groups is 1. The number of hydrogen-bond acceptors (Lipinski definition) is 10. The lowest BCUT2D eigenvalue weighted by Crippen LogP contribution is -2.36. The number of aromatic hydroxyl groups is 1. The minimum absolute atomic E-state index is 0.121. The number of ether oxygens (including phenoxy) is 4. The summed E-state index contributed by atoms with van der Waals surface area (Å²) in [7, 11) is 0. The Hall–Kier alpha value is -3.41. The Morgan fingerprint density at radius 2 is 1.17 bits per heavy atom. The maximum Gasteiger partial charge on any atom is 0.204 e. The Morgan fingerprint density at radius 3 is 1.67 bits per heavy atom. The van der Waals surface area contributed by atoms with Crippen LogP contribution in [0.25, 0.3) is 21.9 Å². The van der Waals surface area contributed by atoms with Gasteiger partial charge in [-0.25, -0.2) is 0 Å². The molecule has 3 aromatic rings. The van der Waals surface area contributed by atoms with E-state index in [0.29, 0.717) is 65.2 Å². The van der Waals surface area contributed by atoms with Gasteiger partial charge in [0.15, 0.2) is 0 Å². The third-order valence-electron chi connectivity index (χ3n) is 10.0. The topological polar surface area (TPSA) is 114 Å². The average molecular weight is 721 g/mol. The molecule has 0 spiro atoms. The number of allylic oxidation sites excluding steroid dienone is 4. The predicted octanol–water partition coefficient (Wildman–Crippen LogP) is 6.92. The smallest absolute Gasteiger partial charge is 0.204 e. The van der Waals surface area contributed by atoms with Crippen molar-refractivity contribution in [3.63, 3.8) is 0 Å². The normalized spacial score (nSPS) is 15.6. The first-order valence-electron chi connectivity index (χ1n) is 19.3. The van der Waals surface area contributed by atoms with Crippen LogP contribution in [0.5, 0.6) is 17.2 Å². The fourth-order valence-corrected chi connectivity index (χ4v) is 6.97. The number of hydrogen-bond donors (Lipinski definition) is 2. The molecule has 2 aliphatic rings. The van der Waals surface area contributed by atoms with Crippen molar-refractivity contribution in [1.29, 1.82) is 0 Å². The van der Waals surface area contributed by atoms with Crippen LogP contribution in [0, 0.1) is 0 Å². The fraction of sp³-hybridized carbons (Fsp3) is 0.595. The van der Waals surface area contributed by atoms with Gasteiger partial charge in [0.2, 0.25) is 5.43 Å². The molecule has 2 fully saturated rings. The molecule has 2 saturated heterocycles. The molecule has 0 radical (unpaired) electrons. The average Bonchev–Trinajstić information content (AvgIpc) is 3.13. The molecular formula is C42H60N2O8. The molecule has 1 aromatic heterocycles. The zero-order valence-electron chi connectivity index (χ0n) is 31.9. The van der Waals surface area contributed by atoms with E-state index in [1.54, 1.807) is 12.1 Å². The van der Waals surface area contributed by atoms with Crippen LogP contribution in [-0.4, -0.2) is 98.9 Å². The summed E-state index contributed by atoms with van der Waals surface area (Å²) < 4.78 is 30.0. The van der Waals surface area contributed by atoms with Gasteiger partial charge >= 0.3 is 0 Å². The molecule has 0 atom stereocenters. The van der Waals surface area contributed by atoms with Crippen molar-refractivity contribution >= 4 is 21.9 Å². The van der Waals surface area contributed by atoms with Gasteiger partial charge in [-0.05, 0) is 97.7 Å². The molecule has 0 amide bonds. The summed E-state index contributed by atoms with van der Waals surface area (Å²) in [4.78, 5) is 19.3. The van der Waals surface area contributed by atoms with E-state index in [9.17, 15) is 15.0 Å². The lowest BCUT2D eigenvalue weighted by molar-refractivity contribution is 0.0370. The minimum Gasteiger partial charge on any atom is -0.507 e. The highest BCUT2D eigenvalue weighted by atomic mass is 16.5. The van der Waals surface area contributed by atoms with Gasteiger partial charge in [0, 0.05) is 49.4 Å². The van der Waals surface area contributed by atoms with Crippen LogP contribution in [0.2, 0.25) is 0 Å². The van der Waals surface area contributed by atoms with Crippen LogP contribution in [0.1, 0.15) is 82.9 Å². The number of nitrogens with zero attached hydrogens (tertiary/aromatic N) is 2. The van der Waals surface area contributed by atoms with Crippen molar-refractivity contribution in [3.8, 4) is 17.2 Å². The molecule has 286 valence electrons. The quantitative estimate of drug-likeness (QED) is 0.0769. The summed E-state index contributed by atoms with van der Waals surface area (Å²) >= 11 is 0. The lowest BCUT2D eigenvalue weighted by Gasteiger charge is -2.26. The van der Waals surface area contributed by atoms with E-state index in [0.717, 1.165) is 115 Å². The van der Waals surface area contributed by atoms with E-state index in [4.69, 9.17) is 23.4 Å². The second kappa shape index (κ2) is 20.2. The van der Waals surface area contributed by atoms with Crippen molar-refractivity contribution in [2.24, 2.45) is 0 Å². The minimum atomic E-state index is -0.330. The Labute approximate surface area is 309 Å². The lowest BCUT2D eigenvalue weighted by atomic mass is 9.95. The molecule has 10 heteroatoms. The third kappa shape index (κ3) is 10.8. The molecular weight excluding hydrogens is 660 g/mol. The van der Waals surface area contributed by atoms with Gasteiger partial charge in [0.25, 0.3) is 0 Å². The summed E-state index contributed by atoms with van der Waals surface area (Å²) in [5.41, 5.74) is 4.27. The molecule has 52 heavy (non-hydrogen) atoms. The molecule has 0 unspecified atom stereocenters. The van der Waals surface area contributed by atoms with Gasteiger partial charge in [-0.15, -0.1) is 0 Å². The number of phenolic OH excluding ortho intramolecular Hbond substituents is 1. The van der Waals surface area contributed by atoms with E-state index >= 15 is 0 Å². The van der Waals surface area contributed by atoms with Crippen LogP contribution < -0.4 is 14.9 Å². The molecule has 3 heterocycles. The third-order valence-corrected chi connectivity index (χ3v) is 10.0. The van der Waals surface area contributed by atoms with Gasteiger partial charge < -0.3 is 33.6 Å². The number of benzene rings is 2. The zero-order chi connectivity index (χ0) is 36.9. The Bertz CT molecular complexity index is 1730. The molecule has 5 rings (SSSR count). The summed E-state index contributed by atoms with van der Waals surface area (Å²) in [6, 6.07) is 3.48. The van der Waals surface area contributed by atoms with E-state index in [1.807, 2.05) is 39.8 Å². The molecule has 2 N–H and O–H groups in total. The van der Waals surface area contributed by atoms with Crippen LogP contribution >= 0.6 is 0 Å². The summed E-state index contributed by atoms with van der Waals surface area (Å²) in [6.45, 7) is 18.0. The Kier molecular flexibility index (Phi) is 15.4. The molecule has 0 aliphatic carbocycles. The zero-order valence-corrected chi connectivity index (χ0v) is 31.9. The fourth-order valence-electron chi connectivity index (χ4n) is 6.97. The highest BCUT2D eigenvalue weighted by molar-refractivity contribution is 5.97. The number of rotatable bonds is 19. The first kappa shape index (κ1) is 39.8. The standard InChI is InChI=1S/C42H60N2O8/c1-30(2)11-13-32-34(29-45)36(51-22-10-6-8-16-44-19-25-49-26-20-44)28-37-39(32)42(47)40-38(52-37)27-35(33(41(40)46)14-12-31(3)4)50-21-9-5-7-15-43-17-23-48-24-18-43/h11-12,27-28,45-46H,5-10,13-26,29H2,1-4H3. The van der Waals surface area contributed by atoms with Crippen molar-refractivity contribution < 1.29 is 33.6 Å². The maximum atomic E-state index is 14.4. The van der Waals surface area contributed by atoms with Crippen molar-refractivity contribution in [2.45, 2.75) is 85.7 Å². The number of phenols is 1. The molecule has 0 bridgehead atoms. The van der Waals surface area contributed by atoms with E-state index in [2.05, 4.69) is 9.80 Å². The van der Waals surface area contributed by atoms with Gasteiger partial charge in [0.1, 0.15) is 33.8 Å². The van der Waals surface area contributed by atoms with Gasteiger partial charge in [-0.1, -0.05) is 23.3 Å². The van der Waals surface area contributed by atoms with Crippen LogP contribution in [0.3, 0.4) is 0 Å². The highest BCUT2D eigenvalue weighted by Gasteiger charge is 2.24. The van der Waals surface area contributed by atoms with Crippen LogP contribution in [0.4, 0.5) is 0 Å². The number of morpholine rings is 2. The summed E-state index contributed by atoms with van der Waals surface area (Å²) in [5.74, 6) is 0.911. The van der Waals surface area contributed by atoms with Crippen molar-refractivity contribution in [3.05, 3.63) is 62.3 Å². The van der Waals surface area contributed by atoms with E-state index in [1.165, 1.54) is 0 Å². The first-order chi connectivity index (χ1) is 25.3. The monoisotopic (exact) mass is 720 g/mol. The van der Waals surface area contributed by atoms with Gasteiger partial charge in [-0.2, -0.15) is 0 Å². The van der Waals surface area contributed by atoms with Crippen molar-refractivity contribution in [1.82, 2.24) is 9.80 Å². The molecule has 2 aliphatic heterocycles. The summed E-state index contributed by atoms with van der Waals surface area (Å²) in [5, 5.41) is 22.9. The Morgan fingerprint density at radius 1 is 0.692 bits per heavy atom. The Balaban J connectivity index is 1.41. The molecule has 10 nitrogen and oxygen atoms in total. The van der Waals surface area contributed by atoms with E-state index < -0.39 is 0 Å². The number of fused-ring (bicyclic) bond motifs is 2. The molecule has 0 saturated carbocycles. The number of aliphatic hydroxyl groups excluding tert-OH is 1. The van der Waals surface area contributed by atoms with Crippen molar-refractivity contribution in [2.75, 3.05) is 78.9 Å². The van der Waals surface area contributed by atoms with Crippen LogP contribution in [0.15, 0.2) is 44.6 Å². The highest BCUT2D eigenvalue weighted by Crippen LogP contribution is 2.39. The predicted molar refractivity (Wildman–Crippen MR) is 207 cm³/mol. The number of unbranched alkanes of at least 4 members (excludes halogenated alkanes) is 4. The van der Waals surface area contributed by atoms with Crippen LogP contribution in [-0.2, 0) is 28.9 Å². The summed E-state index contributed by atoms with van der Waals surface area (Å²) in [6.07, 6.45) is 10.8. The van der Waals surface area contributed by atoms with Gasteiger partial charge in [0.05, 0.1) is 51.6 Å². The SMILES string of the molecule is CC(C)=CCc1c(OCCCCCN2CCOCC2)cc2oc3cc(OCCCCCN4CCOCC4)c(CO)c(CC=C(C)C)c3c(=O)c2c1O. The first-order valence-corrected chi connectivity index (χ1v) is 19.3. The van der Waals surface area contributed by atoms with Gasteiger partial charge in [-0.3, -0.25) is 14.6 Å². The second-order valence-corrected chi connectivity index (χ2v) is 14.6. The largest absolute Gasteiger partial charge is 0.507 e. The van der Waals surface area contributed by atoms with E-state index in [-0.39, 0.29) is 28.8 Å². The second-order valence-electron chi connectivity index (χ2n) is 14.6. The molecule has 2 aromatic carbocycles.